The van der Waals surface area contributed by atoms with E-state index in [1.807, 2.05) is 58.2 Å². The summed E-state index contributed by atoms with van der Waals surface area (Å²) in [4.78, 5) is 42.2. The second-order valence-electron chi connectivity index (χ2n) is 10.8. The largest absolute Gasteiger partial charge is 0.444 e. The summed E-state index contributed by atoms with van der Waals surface area (Å²) < 4.78 is 5.45. The standard InChI is InChI=1S/C28H47N3O4S/c1-10-12-18-29-24(32)23(21-15-13-20(3)14-16-21)31(28(7,8)11-2)25(33)22(17-19-36-9)30-26(34)35-27(4,5)6/h13-16,22-23H,10-12,17-19H2,1-9H3,(H,29,32)(H,30,34). The molecule has 36 heavy (non-hydrogen) atoms. The maximum Gasteiger partial charge on any atom is 0.408 e. The molecular formula is C28H47N3O4S. The van der Waals surface area contributed by atoms with Gasteiger partial charge in [-0.1, -0.05) is 50.1 Å². The number of amides is 3. The summed E-state index contributed by atoms with van der Waals surface area (Å²) in [5.41, 5.74) is 0.469. The van der Waals surface area contributed by atoms with Crippen molar-refractivity contribution in [3.05, 3.63) is 35.4 Å². The second-order valence-corrected chi connectivity index (χ2v) is 11.8. The van der Waals surface area contributed by atoms with Crippen LogP contribution in [0.5, 0.6) is 0 Å². The third kappa shape index (κ3) is 10.0. The van der Waals surface area contributed by atoms with Crippen LogP contribution in [0, 0.1) is 6.92 Å². The highest BCUT2D eigenvalue weighted by atomic mass is 32.2. The maximum absolute atomic E-state index is 14.2. The average Bonchev–Trinajstić information content (AvgIpc) is 2.79. The predicted molar refractivity (Wildman–Crippen MR) is 149 cm³/mol. The van der Waals surface area contributed by atoms with Gasteiger partial charge in [0.2, 0.25) is 11.8 Å². The topological polar surface area (TPSA) is 87.7 Å². The molecule has 0 radical (unpaired) electrons. The van der Waals surface area contributed by atoms with Crippen LogP contribution in [0.15, 0.2) is 24.3 Å². The van der Waals surface area contributed by atoms with Crippen LogP contribution in [-0.4, -0.2) is 58.5 Å². The highest BCUT2D eigenvalue weighted by Gasteiger charge is 2.42. The van der Waals surface area contributed by atoms with E-state index in [-0.39, 0.29) is 11.8 Å². The van der Waals surface area contributed by atoms with Crippen molar-refractivity contribution in [3.63, 3.8) is 0 Å². The summed E-state index contributed by atoms with van der Waals surface area (Å²) in [7, 11) is 0. The number of ether oxygens (including phenoxy) is 1. The number of alkyl carbamates (subject to hydrolysis) is 1. The Morgan fingerprint density at radius 1 is 1.06 bits per heavy atom. The van der Waals surface area contributed by atoms with Gasteiger partial charge in [0.25, 0.3) is 0 Å². The van der Waals surface area contributed by atoms with E-state index < -0.39 is 29.3 Å². The van der Waals surface area contributed by atoms with Crippen molar-refractivity contribution in [1.82, 2.24) is 15.5 Å². The van der Waals surface area contributed by atoms with Crippen LogP contribution in [0.4, 0.5) is 4.79 Å². The molecule has 204 valence electrons. The summed E-state index contributed by atoms with van der Waals surface area (Å²) >= 11 is 1.60. The second kappa shape index (κ2) is 14.5. The number of carbonyl (C=O) groups excluding carboxylic acids is 3. The van der Waals surface area contributed by atoms with Crippen molar-refractivity contribution in [2.45, 2.75) is 104 Å². The minimum absolute atomic E-state index is 0.219. The van der Waals surface area contributed by atoms with Gasteiger partial charge in [-0.2, -0.15) is 11.8 Å². The molecule has 7 nitrogen and oxygen atoms in total. The van der Waals surface area contributed by atoms with Gasteiger partial charge in [0.1, 0.15) is 17.7 Å². The lowest BCUT2D eigenvalue weighted by molar-refractivity contribution is -0.149. The summed E-state index contributed by atoms with van der Waals surface area (Å²) in [6.45, 7) is 15.9. The number of hydrogen-bond donors (Lipinski definition) is 2. The van der Waals surface area contributed by atoms with Crippen LogP contribution in [0.1, 0.15) is 91.3 Å². The van der Waals surface area contributed by atoms with Crippen molar-refractivity contribution in [2.75, 3.05) is 18.6 Å². The number of unbranched alkanes of at least 4 members (excludes halogenated alkanes) is 1. The summed E-state index contributed by atoms with van der Waals surface area (Å²) in [6, 6.07) is 6.06. The van der Waals surface area contributed by atoms with Gasteiger partial charge < -0.3 is 20.3 Å². The molecule has 1 aromatic carbocycles. The molecule has 0 heterocycles. The van der Waals surface area contributed by atoms with Crippen LogP contribution in [0.25, 0.3) is 0 Å². The lowest BCUT2D eigenvalue weighted by Crippen LogP contribution is -2.59. The van der Waals surface area contributed by atoms with Gasteiger partial charge in [-0.25, -0.2) is 4.79 Å². The lowest BCUT2D eigenvalue weighted by Gasteiger charge is -2.44. The van der Waals surface area contributed by atoms with Crippen LogP contribution in [0.3, 0.4) is 0 Å². The van der Waals surface area contributed by atoms with Gasteiger partial charge in [0.15, 0.2) is 0 Å². The minimum atomic E-state index is -0.831. The molecule has 0 aromatic heterocycles. The van der Waals surface area contributed by atoms with Crippen LogP contribution >= 0.6 is 11.8 Å². The molecule has 0 spiro atoms. The number of aryl methyl sites for hydroxylation is 1. The number of benzene rings is 1. The fourth-order valence-electron chi connectivity index (χ4n) is 3.71. The average molecular weight is 522 g/mol. The van der Waals surface area contributed by atoms with E-state index in [0.29, 0.717) is 25.1 Å². The molecule has 2 unspecified atom stereocenters. The molecule has 0 fully saturated rings. The number of nitrogens with one attached hydrogen (secondary N) is 2. The van der Waals surface area contributed by atoms with Crippen LogP contribution in [-0.2, 0) is 14.3 Å². The van der Waals surface area contributed by atoms with Crippen molar-refractivity contribution < 1.29 is 19.1 Å². The third-order valence-corrected chi connectivity index (χ3v) is 6.73. The molecule has 0 bridgehead atoms. The zero-order valence-electron chi connectivity index (χ0n) is 23.7. The lowest BCUT2D eigenvalue weighted by atomic mass is 9.91. The molecule has 0 saturated heterocycles. The monoisotopic (exact) mass is 521 g/mol. The van der Waals surface area contributed by atoms with Crippen molar-refractivity contribution >= 4 is 29.7 Å². The zero-order chi connectivity index (χ0) is 27.5. The first-order valence-electron chi connectivity index (χ1n) is 12.9. The normalized spacial score (nSPS) is 13.5. The van der Waals surface area contributed by atoms with Gasteiger partial charge >= 0.3 is 6.09 Å². The van der Waals surface area contributed by atoms with E-state index in [1.54, 1.807) is 37.4 Å². The molecule has 0 aliphatic heterocycles. The van der Waals surface area contributed by atoms with E-state index in [0.717, 1.165) is 24.0 Å². The third-order valence-electron chi connectivity index (χ3n) is 6.08. The molecule has 0 aliphatic rings. The number of carbonyl (C=O) groups is 3. The Labute approximate surface area is 222 Å². The van der Waals surface area contributed by atoms with Gasteiger partial charge in [0, 0.05) is 12.1 Å². The number of nitrogens with zero attached hydrogens (tertiary/aromatic N) is 1. The summed E-state index contributed by atoms with van der Waals surface area (Å²) in [6.07, 6.45) is 4.18. The molecule has 8 heteroatoms. The fraction of sp³-hybridized carbons (Fsp3) is 0.679. The molecule has 0 aliphatic carbocycles. The SMILES string of the molecule is CCCCNC(=O)C(c1ccc(C)cc1)N(C(=O)C(CCSC)NC(=O)OC(C)(C)C)C(C)(C)CC. The maximum atomic E-state index is 14.2. The van der Waals surface area contributed by atoms with Crippen molar-refractivity contribution in [2.24, 2.45) is 0 Å². The quantitative estimate of drug-likeness (QED) is 0.329. The van der Waals surface area contributed by atoms with E-state index in [1.165, 1.54) is 0 Å². The van der Waals surface area contributed by atoms with Crippen LogP contribution < -0.4 is 10.6 Å². The highest BCUT2D eigenvalue weighted by molar-refractivity contribution is 7.98. The van der Waals surface area contributed by atoms with Gasteiger partial charge in [-0.3, -0.25) is 9.59 Å². The van der Waals surface area contributed by atoms with E-state index in [9.17, 15) is 14.4 Å². The van der Waals surface area contributed by atoms with Gasteiger partial charge in [0.05, 0.1) is 0 Å². The summed E-state index contributed by atoms with van der Waals surface area (Å²) in [5.74, 6) is 0.158. The molecule has 3 amide bonds. The smallest absolute Gasteiger partial charge is 0.408 e. The Morgan fingerprint density at radius 2 is 1.67 bits per heavy atom. The molecule has 1 aromatic rings. The Bertz CT molecular complexity index is 849. The van der Waals surface area contributed by atoms with E-state index >= 15 is 0 Å². The Hall–Kier alpha value is -2.22. The van der Waals surface area contributed by atoms with Crippen molar-refractivity contribution in [3.8, 4) is 0 Å². The van der Waals surface area contributed by atoms with Gasteiger partial charge in [-0.15, -0.1) is 0 Å². The molecule has 2 atom stereocenters. The molecule has 0 saturated carbocycles. The first-order chi connectivity index (χ1) is 16.8. The fourth-order valence-corrected chi connectivity index (χ4v) is 4.18. The Morgan fingerprint density at radius 3 is 2.17 bits per heavy atom. The first-order valence-corrected chi connectivity index (χ1v) is 14.3. The van der Waals surface area contributed by atoms with E-state index in [4.69, 9.17) is 4.74 Å². The first kappa shape index (κ1) is 31.8. The summed E-state index contributed by atoms with van der Waals surface area (Å²) in [5, 5.41) is 5.83. The molecule has 1 rings (SSSR count). The Kier molecular flexibility index (Phi) is 12.8. The van der Waals surface area contributed by atoms with E-state index in [2.05, 4.69) is 17.6 Å². The van der Waals surface area contributed by atoms with Gasteiger partial charge in [-0.05, 0) is 78.4 Å². The zero-order valence-corrected chi connectivity index (χ0v) is 24.5. The molecular weight excluding hydrogens is 474 g/mol. The minimum Gasteiger partial charge on any atom is -0.444 e. The van der Waals surface area contributed by atoms with Crippen LogP contribution in [0.2, 0.25) is 0 Å². The number of hydrogen-bond acceptors (Lipinski definition) is 5. The predicted octanol–water partition coefficient (Wildman–Crippen LogP) is 5.62. The number of thioether (sulfide) groups is 1. The van der Waals surface area contributed by atoms with Crippen molar-refractivity contribution in [1.29, 1.82) is 0 Å². The highest BCUT2D eigenvalue weighted by Crippen LogP contribution is 2.32. The number of rotatable bonds is 13. The molecule has 2 N–H and O–H groups in total. The Balaban J connectivity index is 3.54.